The summed E-state index contributed by atoms with van der Waals surface area (Å²) >= 11 is 0. The van der Waals surface area contributed by atoms with E-state index in [1.807, 2.05) is 0 Å². The van der Waals surface area contributed by atoms with Crippen molar-refractivity contribution in [3.63, 3.8) is 0 Å². The molecule has 0 bridgehead atoms. The molecule has 0 spiro atoms. The van der Waals surface area contributed by atoms with Crippen LogP contribution in [0, 0.1) is 5.82 Å². The summed E-state index contributed by atoms with van der Waals surface area (Å²) in [5.74, 6) is -0.643. The zero-order chi connectivity index (χ0) is 8.97. The second-order valence-electron chi connectivity index (χ2n) is 2.15. The van der Waals surface area contributed by atoms with E-state index in [0.29, 0.717) is 5.69 Å². The van der Waals surface area contributed by atoms with Crippen LogP contribution in [0.25, 0.3) is 0 Å². The molecule has 12 heavy (non-hydrogen) atoms. The molecule has 0 fully saturated rings. The highest BCUT2D eigenvalue weighted by molar-refractivity contribution is 5.46. The third-order valence-electron chi connectivity index (χ3n) is 1.43. The molecule has 0 radical (unpaired) electrons. The minimum atomic E-state index is -1.02. The van der Waals surface area contributed by atoms with Crippen molar-refractivity contribution in [3.8, 4) is 5.75 Å². The van der Waals surface area contributed by atoms with E-state index in [-0.39, 0.29) is 5.75 Å². The molecule has 1 aromatic rings. The summed E-state index contributed by atoms with van der Waals surface area (Å²) in [6, 6.07) is 4.22. The Kier molecular flexibility index (Phi) is 2.85. The van der Waals surface area contributed by atoms with Gasteiger partial charge < -0.3 is 10.1 Å². The van der Waals surface area contributed by atoms with Gasteiger partial charge in [-0.15, -0.1) is 0 Å². The Labute approximate surface area is 69.2 Å². The zero-order valence-electron chi connectivity index (χ0n) is 6.60. The molecule has 0 heterocycles. The first kappa shape index (κ1) is 8.77. The van der Waals surface area contributed by atoms with E-state index in [1.54, 1.807) is 13.1 Å². The molecule has 0 saturated carbocycles. The molecule has 1 aromatic carbocycles. The Morgan fingerprint density at radius 3 is 2.75 bits per heavy atom. The predicted molar refractivity (Wildman–Crippen MR) is 42.5 cm³/mol. The Morgan fingerprint density at radius 2 is 2.25 bits per heavy atom. The van der Waals surface area contributed by atoms with Crippen LogP contribution in [0.3, 0.4) is 0 Å². The van der Waals surface area contributed by atoms with Crippen molar-refractivity contribution in [3.05, 3.63) is 24.0 Å². The summed E-state index contributed by atoms with van der Waals surface area (Å²) < 4.78 is 28.9. The van der Waals surface area contributed by atoms with Crippen LogP contribution < -0.4 is 10.1 Å². The molecule has 0 amide bonds. The topological polar surface area (TPSA) is 21.3 Å². The van der Waals surface area contributed by atoms with Gasteiger partial charge in [-0.1, -0.05) is 0 Å². The van der Waals surface area contributed by atoms with Gasteiger partial charge in [-0.25, -0.2) is 8.78 Å². The first-order chi connectivity index (χ1) is 5.77. The van der Waals surface area contributed by atoms with Crippen molar-refractivity contribution in [2.24, 2.45) is 0 Å². The fourth-order valence-corrected chi connectivity index (χ4v) is 0.832. The first-order valence-corrected chi connectivity index (χ1v) is 3.44. The number of rotatable bonds is 3. The molecule has 66 valence electrons. The third kappa shape index (κ3) is 1.84. The van der Waals surface area contributed by atoms with Crippen LogP contribution >= 0.6 is 0 Å². The van der Waals surface area contributed by atoms with Crippen molar-refractivity contribution in [1.29, 1.82) is 0 Å². The molecule has 0 aliphatic rings. The number of ether oxygens (including phenoxy) is 1. The summed E-state index contributed by atoms with van der Waals surface area (Å²) in [5, 5.41) is 2.75. The van der Waals surface area contributed by atoms with Crippen molar-refractivity contribution in [2.45, 2.75) is 0 Å². The van der Waals surface area contributed by atoms with Gasteiger partial charge in [0, 0.05) is 18.8 Å². The van der Waals surface area contributed by atoms with E-state index < -0.39 is 12.7 Å². The Morgan fingerprint density at radius 1 is 1.50 bits per heavy atom. The lowest BCUT2D eigenvalue weighted by Crippen LogP contribution is -1.95. The summed E-state index contributed by atoms with van der Waals surface area (Å²) in [5.41, 5.74) is 0.624. The van der Waals surface area contributed by atoms with Crippen LogP contribution in [0.1, 0.15) is 0 Å². The maximum absolute atomic E-state index is 12.9. The zero-order valence-corrected chi connectivity index (χ0v) is 6.60. The number of hydrogen-bond acceptors (Lipinski definition) is 2. The highest BCUT2D eigenvalue weighted by atomic mass is 19.1. The largest absolute Gasteiger partial charge is 0.460 e. The summed E-state index contributed by atoms with van der Waals surface area (Å²) in [6.45, 7) is -1.02. The molecular weight excluding hydrogens is 164 g/mol. The standard InChI is InChI=1S/C8H9F2NO/c1-11-6-2-3-8(12-5-9)7(10)4-6/h2-4,11H,5H2,1H3. The van der Waals surface area contributed by atoms with Gasteiger partial charge in [0.15, 0.2) is 11.6 Å². The molecule has 0 aliphatic carbocycles. The van der Waals surface area contributed by atoms with Gasteiger partial charge in [0.1, 0.15) is 0 Å². The van der Waals surface area contributed by atoms with E-state index in [2.05, 4.69) is 10.1 Å². The average Bonchev–Trinajstić information content (AvgIpc) is 2.09. The minimum Gasteiger partial charge on any atom is -0.460 e. The lowest BCUT2D eigenvalue weighted by atomic mass is 10.3. The summed E-state index contributed by atoms with van der Waals surface area (Å²) in [6.07, 6.45) is 0. The maximum Gasteiger partial charge on any atom is 0.228 e. The number of alkyl halides is 1. The van der Waals surface area contributed by atoms with Crippen molar-refractivity contribution in [2.75, 3.05) is 19.2 Å². The lowest BCUT2D eigenvalue weighted by molar-refractivity contribution is 0.184. The van der Waals surface area contributed by atoms with E-state index in [1.165, 1.54) is 12.1 Å². The van der Waals surface area contributed by atoms with Gasteiger partial charge in [-0.05, 0) is 12.1 Å². The third-order valence-corrected chi connectivity index (χ3v) is 1.43. The van der Waals surface area contributed by atoms with Crippen molar-refractivity contribution in [1.82, 2.24) is 0 Å². The minimum absolute atomic E-state index is 0.0727. The van der Waals surface area contributed by atoms with Crippen LogP contribution in [0.15, 0.2) is 18.2 Å². The van der Waals surface area contributed by atoms with Gasteiger partial charge in [0.2, 0.25) is 6.86 Å². The molecule has 0 atom stereocenters. The SMILES string of the molecule is CNc1ccc(OCF)c(F)c1. The van der Waals surface area contributed by atoms with Gasteiger partial charge in [-0.3, -0.25) is 0 Å². The summed E-state index contributed by atoms with van der Waals surface area (Å²) in [7, 11) is 1.67. The van der Waals surface area contributed by atoms with Crippen LogP contribution in [-0.2, 0) is 0 Å². The van der Waals surface area contributed by atoms with E-state index >= 15 is 0 Å². The normalized spacial score (nSPS) is 9.58. The van der Waals surface area contributed by atoms with E-state index in [9.17, 15) is 8.78 Å². The number of anilines is 1. The maximum atomic E-state index is 12.9. The summed E-state index contributed by atoms with van der Waals surface area (Å²) in [4.78, 5) is 0. The molecule has 0 aromatic heterocycles. The molecule has 0 aliphatic heterocycles. The predicted octanol–water partition coefficient (Wildman–Crippen LogP) is 2.17. The fourth-order valence-electron chi connectivity index (χ4n) is 0.832. The lowest BCUT2D eigenvalue weighted by Gasteiger charge is -2.04. The van der Waals surface area contributed by atoms with Crippen LogP contribution in [-0.4, -0.2) is 13.9 Å². The average molecular weight is 173 g/mol. The quantitative estimate of drug-likeness (QED) is 0.756. The fraction of sp³-hybridized carbons (Fsp3) is 0.250. The molecule has 1 rings (SSSR count). The molecule has 1 N–H and O–H groups in total. The second kappa shape index (κ2) is 3.90. The first-order valence-electron chi connectivity index (χ1n) is 3.44. The Hall–Kier alpha value is -1.32. The molecule has 4 heteroatoms. The molecule has 0 unspecified atom stereocenters. The van der Waals surface area contributed by atoms with Crippen molar-refractivity contribution >= 4 is 5.69 Å². The van der Waals surface area contributed by atoms with Crippen LogP contribution in [0.4, 0.5) is 14.5 Å². The number of benzene rings is 1. The Balaban J connectivity index is 2.87. The van der Waals surface area contributed by atoms with Crippen LogP contribution in [0.5, 0.6) is 5.75 Å². The molecule has 2 nitrogen and oxygen atoms in total. The second-order valence-corrected chi connectivity index (χ2v) is 2.15. The Bertz CT molecular complexity index is 265. The van der Waals surface area contributed by atoms with Crippen molar-refractivity contribution < 1.29 is 13.5 Å². The molecular formula is C8H9F2NO. The highest BCUT2D eigenvalue weighted by Gasteiger charge is 2.02. The van der Waals surface area contributed by atoms with Crippen LogP contribution in [0.2, 0.25) is 0 Å². The molecule has 0 saturated heterocycles. The van der Waals surface area contributed by atoms with Gasteiger partial charge >= 0.3 is 0 Å². The van der Waals surface area contributed by atoms with Gasteiger partial charge in [0.05, 0.1) is 0 Å². The van der Waals surface area contributed by atoms with Gasteiger partial charge in [0.25, 0.3) is 0 Å². The number of halogens is 2. The van der Waals surface area contributed by atoms with Gasteiger partial charge in [-0.2, -0.15) is 0 Å². The van der Waals surface area contributed by atoms with E-state index in [4.69, 9.17) is 0 Å². The number of hydrogen-bond donors (Lipinski definition) is 1. The van der Waals surface area contributed by atoms with E-state index in [0.717, 1.165) is 0 Å². The number of nitrogens with one attached hydrogen (secondary N) is 1. The highest BCUT2D eigenvalue weighted by Crippen LogP contribution is 2.20. The smallest absolute Gasteiger partial charge is 0.228 e. The monoisotopic (exact) mass is 173 g/mol.